The third-order valence-electron chi connectivity index (χ3n) is 2.30. The van der Waals surface area contributed by atoms with Crippen molar-refractivity contribution in [3.8, 4) is 0 Å². The summed E-state index contributed by atoms with van der Waals surface area (Å²) >= 11 is 0. The van der Waals surface area contributed by atoms with Crippen molar-refractivity contribution in [3.63, 3.8) is 0 Å². The fourth-order valence-electron chi connectivity index (χ4n) is 1.35. The van der Waals surface area contributed by atoms with E-state index in [1.165, 1.54) is 12.3 Å². The molecular formula is C12H18N2O4. The quantitative estimate of drug-likeness (QED) is 0.601. The number of nitrogens with one attached hydrogen (secondary N) is 2. The fourth-order valence-corrected chi connectivity index (χ4v) is 1.35. The Hall–Kier alpha value is -1.82. The van der Waals surface area contributed by atoms with E-state index in [0.717, 1.165) is 6.42 Å². The van der Waals surface area contributed by atoms with Crippen molar-refractivity contribution in [1.29, 1.82) is 0 Å². The number of hydrogen-bond acceptors (Lipinski definition) is 4. The Morgan fingerprint density at radius 2 is 2.17 bits per heavy atom. The predicted molar refractivity (Wildman–Crippen MR) is 65.3 cm³/mol. The van der Waals surface area contributed by atoms with Gasteiger partial charge in [-0.1, -0.05) is 6.92 Å². The Labute approximate surface area is 105 Å². The largest absolute Gasteiger partial charge is 0.478 e. The molecule has 0 saturated heterocycles. The standard InChI is InChI=1S/C12H18N2O4/c1-2-4-14-11(15)3-5-13-7-10-6-9(8-18-10)12(16)17/h6,8,13H,2-5,7H2,1H3,(H,14,15)(H,16,17). The summed E-state index contributed by atoms with van der Waals surface area (Å²) in [7, 11) is 0. The molecule has 0 spiro atoms. The van der Waals surface area contributed by atoms with Crippen LogP contribution in [0.4, 0.5) is 0 Å². The lowest BCUT2D eigenvalue weighted by Crippen LogP contribution is -2.27. The lowest BCUT2D eigenvalue weighted by atomic mass is 10.3. The fraction of sp³-hybridized carbons (Fsp3) is 0.500. The molecule has 0 radical (unpaired) electrons. The van der Waals surface area contributed by atoms with Crippen LogP contribution < -0.4 is 10.6 Å². The molecule has 1 aromatic heterocycles. The highest BCUT2D eigenvalue weighted by Crippen LogP contribution is 2.07. The number of carboxylic acids is 1. The number of aromatic carboxylic acids is 1. The summed E-state index contributed by atoms with van der Waals surface area (Å²) in [5.41, 5.74) is 0.132. The predicted octanol–water partition coefficient (Wildman–Crippen LogP) is 0.984. The van der Waals surface area contributed by atoms with Crippen LogP contribution in [0.2, 0.25) is 0 Å². The van der Waals surface area contributed by atoms with Gasteiger partial charge in [-0.15, -0.1) is 0 Å². The summed E-state index contributed by atoms with van der Waals surface area (Å²) in [6.07, 6.45) is 2.52. The van der Waals surface area contributed by atoms with Gasteiger partial charge in [-0.3, -0.25) is 4.79 Å². The third-order valence-corrected chi connectivity index (χ3v) is 2.30. The Morgan fingerprint density at radius 3 is 2.78 bits per heavy atom. The molecular weight excluding hydrogens is 236 g/mol. The van der Waals surface area contributed by atoms with Crippen LogP contribution >= 0.6 is 0 Å². The molecule has 3 N–H and O–H groups in total. The second-order valence-electron chi connectivity index (χ2n) is 3.88. The second-order valence-corrected chi connectivity index (χ2v) is 3.88. The Balaban J connectivity index is 2.17. The zero-order valence-corrected chi connectivity index (χ0v) is 10.4. The van der Waals surface area contributed by atoms with Crippen LogP contribution in [0, 0.1) is 0 Å². The van der Waals surface area contributed by atoms with E-state index in [2.05, 4.69) is 10.6 Å². The molecule has 0 bridgehead atoms. The number of carbonyl (C=O) groups is 2. The number of rotatable bonds is 8. The summed E-state index contributed by atoms with van der Waals surface area (Å²) in [6.45, 7) is 3.63. The summed E-state index contributed by atoms with van der Waals surface area (Å²) in [5.74, 6) is -0.458. The van der Waals surface area contributed by atoms with E-state index in [9.17, 15) is 9.59 Å². The first-order valence-corrected chi connectivity index (χ1v) is 5.91. The van der Waals surface area contributed by atoms with Crippen LogP contribution in [-0.2, 0) is 11.3 Å². The molecule has 1 heterocycles. The number of carbonyl (C=O) groups excluding carboxylic acids is 1. The van der Waals surface area contributed by atoms with Crippen molar-refractivity contribution in [2.75, 3.05) is 13.1 Å². The van der Waals surface area contributed by atoms with Crippen LogP contribution in [0.25, 0.3) is 0 Å². The van der Waals surface area contributed by atoms with Gasteiger partial charge in [-0.25, -0.2) is 4.79 Å². The molecule has 1 amide bonds. The molecule has 0 aliphatic heterocycles. The number of amides is 1. The minimum absolute atomic E-state index is 0.00928. The topological polar surface area (TPSA) is 91.6 Å². The molecule has 6 heteroatoms. The molecule has 0 unspecified atom stereocenters. The van der Waals surface area contributed by atoms with Crippen molar-refractivity contribution >= 4 is 11.9 Å². The van der Waals surface area contributed by atoms with Crippen LogP contribution in [0.1, 0.15) is 35.9 Å². The molecule has 0 aliphatic rings. The van der Waals surface area contributed by atoms with Crippen molar-refractivity contribution in [3.05, 3.63) is 23.7 Å². The number of hydrogen-bond donors (Lipinski definition) is 3. The van der Waals surface area contributed by atoms with Gasteiger partial charge < -0.3 is 20.2 Å². The van der Waals surface area contributed by atoms with Crippen molar-refractivity contribution < 1.29 is 19.1 Å². The van der Waals surface area contributed by atoms with E-state index in [-0.39, 0.29) is 11.5 Å². The van der Waals surface area contributed by atoms with Gasteiger partial charge in [0, 0.05) is 19.5 Å². The Kier molecular flexibility index (Phi) is 5.93. The van der Waals surface area contributed by atoms with Gasteiger partial charge in [0.1, 0.15) is 12.0 Å². The molecule has 0 aliphatic carbocycles. The van der Waals surface area contributed by atoms with Gasteiger partial charge in [0.25, 0.3) is 0 Å². The van der Waals surface area contributed by atoms with Gasteiger partial charge in [0.15, 0.2) is 0 Å². The molecule has 100 valence electrons. The van der Waals surface area contributed by atoms with Gasteiger partial charge in [-0.05, 0) is 12.5 Å². The van der Waals surface area contributed by atoms with Crippen LogP contribution in [0.5, 0.6) is 0 Å². The summed E-state index contributed by atoms with van der Waals surface area (Å²) < 4.78 is 5.05. The first kappa shape index (κ1) is 14.2. The minimum Gasteiger partial charge on any atom is -0.478 e. The van der Waals surface area contributed by atoms with E-state index in [0.29, 0.717) is 31.8 Å². The zero-order valence-electron chi connectivity index (χ0n) is 10.4. The van der Waals surface area contributed by atoms with Crippen molar-refractivity contribution in [2.45, 2.75) is 26.3 Å². The van der Waals surface area contributed by atoms with E-state index < -0.39 is 5.97 Å². The highest BCUT2D eigenvalue weighted by molar-refractivity contribution is 5.87. The maximum absolute atomic E-state index is 11.3. The highest BCUT2D eigenvalue weighted by atomic mass is 16.4. The summed E-state index contributed by atoms with van der Waals surface area (Å²) in [5, 5.41) is 14.5. The first-order valence-electron chi connectivity index (χ1n) is 5.91. The summed E-state index contributed by atoms with van der Waals surface area (Å²) in [6, 6.07) is 1.46. The van der Waals surface area contributed by atoms with Gasteiger partial charge in [0.05, 0.1) is 12.1 Å². The second kappa shape index (κ2) is 7.50. The average Bonchev–Trinajstić information content (AvgIpc) is 2.81. The van der Waals surface area contributed by atoms with Crippen LogP contribution in [0.15, 0.2) is 16.7 Å². The molecule has 18 heavy (non-hydrogen) atoms. The average molecular weight is 254 g/mol. The SMILES string of the molecule is CCCNC(=O)CCNCc1cc(C(=O)O)co1. The van der Waals surface area contributed by atoms with Gasteiger partial charge in [0.2, 0.25) is 5.91 Å². The van der Waals surface area contributed by atoms with E-state index in [1.54, 1.807) is 0 Å². The van der Waals surface area contributed by atoms with Crippen LogP contribution in [-0.4, -0.2) is 30.1 Å². The zero-order chi connectivity index (χ0) is 13.4. The van der Waals surface area contributed by atoms with E-state index >= 15 is 0 Å². The van der Waals surface area contributed by atoms with Gasteiger partial charge in [-0.2, -0.15) is 0 Å². The van der Waals surface area contributed by atoms with E-state index in [4.69, 9.17) is 9.52 Å². The maximum Gasteiger partial charge on any atom is 0.338 e. The first-order chi connectivity index (χ1) is 8.63. The Bertz CT molecular complexity index is 401. The van der Waals surface area contributed by atoms with Crippen LogP contribution in [0.3, 0.4) is 0 Å². The van der Waals surface area contributed by atoms with Crippen molar-refractivity contribution in [1.82, 2.24) is 10.6 Å². The lowest BCUT2D eigenvalue weighted by Gasteiger charge is -2.04. The normalized spacial score (nSPS) is 10.3. The number of carboxylic acid groups (broad SMARTS) is 1. The molecule has 1 aromatic rings. The minimum atomic E-state index is -1.01. The molecule has 0 fully saturated rings. The van der Waals surface area contributed by atoms with E-state index in [1.807, 2.05) is 6.92 Å². The lowest BCUT2D eigenvalue weighted by molar-refractivity contribution is -0.121. The molecule has 6 nitrogen and oxygen atoms in total. The van der Waals surface area contributed by atoms with Gasteiger partial charge >= 0.3 is 5.97 Å². The number of furan rings is 1. The Morgan fingerprint density at radius 1 is 1.39 bits per heavy atom. The van der Waals surface area contributed by atoms with Crippen molar-refractivity contribution in [2.24, 2.45) is 0 Å². The maximum atomic E-state index is 11.3. The monoisotopic (exact) mass is 254 g/mol. The molecule has 0 saturated carbocycles. The summed E-state index contributed by atoms with van der Waals surface area (Å²) in [4.78, 5) is 21.9. The molecule has 0 aromatic carbocycles. The smallest absolute Gasteiger partial charge is 0.338 e. The molecule has 0 atom stereocenters. The molecule has 1 rings (SSSR count). The third kappa shape index (κ3) is 5.01. The highest BCUT2D eigenvalue weighted by Gasteiger charge is 2.07.